The molecule has 4 fully saturated rings. The van der Waals surface area contributed by atoms with Crippen LogP contribution in [0.1, 0.15) is 66.7 Å². The van der Waals surface area contributed by atoms with Gasteiger partial charge in [-0.25, -0.2) is 4.79 Å². The molecule has 0 aromatic rings. The van der Waals surface area contributed by atoms with Crippen molar-refractivity contribution >= 4 is 11.8 Å². The maximum Gasteiger partial charge on any atom is 0.333 e. The lowest BCUT2D eigenvalue weighted by Gasteiger charge is -2.58. The largest absolute Gasteiger partial charge is 0.458 e. The molecule has 1 saturated heterocycles. The van der Waals surface area contributed by atoms with Crippen LogP contribution in [0.3, 0.4) is 0 Å². The number of esters is 1. The van der Waals surface area contributed by atoms with Crippen LogP contribution in [0.15, 0.2) is 23.3 Å². The van der Waals surface area contributed by atoms with Crippen molar-refractivity contribution in [1.82, 2.24) is 0 Å². The minimum absolute atomic E-state index is 0.0367. The average molecular weight is 471 g/mol. The van der Waals surface area contributed by atoms with E-state index in [-0.39, 0.29) is 59.0 Å². The second kappa shape index (κ2) is 7.04. The Morgan fingerprint density at radius 2 is 1.85 bits per heavy atom. The standard InChI is InChI=1S/C28H38O6/c1-13-10-20(33-25(32)14(13)2)15(3)24-19(29)12-18-16-11-23-28(34-23)22(31)7-6-21(30)27(28,5)17(16)8-9-26(18,24)4/h6-7,15-20,22-24,29,31H,8-12H2,1-5H3/t15-,16-,17+,18+,19-,20?,22+,23-,24+,26+,27+,28-/m1/s1. The summed E-state index contributed by atoms with van der Waals surface area (Å²) in [6.45, 7) is 10.3. The maximum atomic E-state index is 13.3. The number of ether oxygens (including phenoxy) is 2. The molecule has 0 radical (unpaired) electrons. The first-order chi connectivity index (χ1) is 16.0. The molecule has 6 aliphatic rings. The van der Waals surface area contributed by atoms with E-state index in [4.69, 9.17) is 9.47 Å². The summed E-state index contributed by atoms with van der Waals surface area (Å²) in [6.07, 6.45) is 5.74. The first-order valence-corrected chi connectivity index (χ1v) is 13.1. The Bertz CT molecular complexity index is 1010. The number of carbonyl (C=O) groups excluding carboxylic acids is 2. The summed E-state index contributed by atoms with van der Waals surface area (Å²) in [5.74, 6) is 0.618. The predicted octanol–water partition coefficient (Wildman–Crippen LogP) is 3.35. The van der Waals surface area contributed by atoms with E-state index in [2.05, 4.69) is 13.8 Å². The molecule has 2 aliphatic heterocycles. The Balaban J connectivity index is 1.31. The molecular formula is C28H38O6. The molecule has 2 heterocycles. The van der Waals surface area contributed by atoms with E-state index in [0.29, 0.717) is 12.0 Å². The fourth-order valence-electron chi connectivity index (χ4n) is 9.61. The smallest absolute Gasteiger partial charge is 0.333 e. The number of ketones is 1. The van der Waals surface area contributed by atoms with Crippen molar-refractivity contribution in [2.45, 2.75) is 96.7 Å². The van der Waals surface area contributed by atoms with E-state index in [1.54, 1.807) is 12.2 Å². The number of hydrogen-bond donors (Lipinski definition) is 2. The molecule has 12 atom stereocenters. The van der Waals surface area contributed by atoms with Gasteiger partial charge in [0.1, 0.15) is 17.8 Å². The summed E-state index contributed by atoms with van der Waals surface area (Å²) in [5, 5.41) is 22.3. The first kappa shape index (κ1) is 22.9. The van der Waals surface area contributed by atoms with Crippen LogP contribution in [0.4, 0.5) is 0 Å². The van der Waals surface area contributed by atoms with Crippen LogP contribution in [0.2, 0.25) is 0 Å². The quantitative estimate of drug-likeness (QED) is 0.475. The van der Waals surface area contributed by atoms with E-state index in [9.17, 15) is 19.8 Å². The van der Waals surface area contributed by atoms with Crippen LogP contribution >= 0.6 is 0 Å². The van der Waals surface area contributed by atoms with Crippen LogP contribution in [0.25, 0.3) is 0 Å². The number of fused-ring (bicyclic) bond motifs is 4. The van der Waals surface area contributed by atoms with Gasteiger partial charge in [-0.3, -0.25) is 4.79 Å². The lowest BCUT2D eigenvalue weighted by atomic mass is 9.44. The van der Waals surface area contributed by atoms with Crippen molar-refractivity contribution in [2.75, 3.05) is 0 Å². The van der Waals surface area contributed by atoms with Crippen molar-refractivity contribution in [3.8, 4) is 0 Å². The molecule has 0 amide bonds. The van der Waals surface area contributed by atoms with Gasteiger partial charge in [0.15, 0.2) is 5.78 Å². The van der Waals surface area contributed by atoms with Gasteiger partial charge >= 0.3 is 5.97 Å². The molecule has 6 heteroatoms. The molecule has 34 heavy (non-hydrogen) atoms. The van der Waals surface area contributed by atoms with Gasteiger partial charge in [-0.1, -0.05) is 19.4 Å². The second-order valence-electron chi connectivity index (χ2n) is 12.7. The Morgan fingerprint density at radius 1 is 1.12 bits per heavy atom. The van der Waals surface area contributed by atoms with Gasteiger partial charge in [0.05, 0.1) is 17.6 Å². The molecule has 6 rings (SSSR count). The highest BCUT2D eigenvalue weighted by atomic mass is 16.6. The van der Waals surface area contributed by atoms with Gasteiger partial charge in [-0.05, 0) is 93.6 Å². The Hall–Kier alpha value is -1.50. The lowest BCUT2D eigenvalue weighted by molar-refractivity contribution is -0.156. The highest BCUT2D eigenvalue weighted by molar-refractivity contribution is 5.98. The minimum Gasteiger partial charge on any atom is -0.458 e. The SMILES string of the molecule is CC1=C(C)C(=O)OC([C@@H](C)[C@H]2[C@H](O)C[C@H]3[C@@H]4C[C@H]5O[C@]56[C@@H](O)C=CC(=O)[C@]6(C)[C@H]4CC[C@]23C)C1. The molecule has 1 spiro atoms. The van der Waals surface area contributed by atoms with Crippen LogP contribution in [0.5, 0.6) is 0 Å². The summed E-state index contributed by atoms with van der Waals surface area (Å²) in [5.41, 5.74) is 0.208. The topological polar surface area (TPSA) is 96.4 Å². The maximum absolute atomic E-state index is 13.3. The van der Waals surface area contributed by atoms with Crippen LogP contribution in [0, 0.1) is 40.4 Å². The van der Waals surface area contributed by atoms with Gasteiger partial charge in [0.2, 0.25) is 0 Å². The minimum atomic E-state index is -0.768. The molecule has 3 saturated carbocycles. The summed E-state index contributed by atoms with van der Waals surface area (Å²) in [7, 11) is 0. The number of aliphatic hydroxyl groups is 2. The Kier molecular flexibility index (Phi) is 4.75. The lowest BCUT2D eigenvalue weighted by Crippen LogP contribution is -2.63. The molecule has 186 valence electrons. The van der Waals surface area contributed by atoms with Crippen molar-refractivity contribution in [3.05, 3.63) is 23.3 Å². The molecule has 0 aromatic heterocycles. The van der Waals surface area contributed by atoms with E-state index in [0.717, 1.165) is 31.3 Å². The number of carbonyl (C=O) groups is 2. The second-order valence-corrected chi connectivity index (χ2v) is 12.7. The van der Waals surface area contributed by atoms with Crippen molar-refractivity contribution in [2.24, 2.45) is 40.4 Å². The molecule has 0 bridgehead atoms. The van der Waals surface area contributed by atoms with Gasteiger partial charge in [0.25, 0.3) is 0 Å². The van der Waals surface area contributed by atoms with Gasteiger partial charge < -0.3 is 19.7 Å². The third kappa shape index (κ3) is 2.58. The number of rotatable bonds is 2. The van der Waals surface area contributed by atoms with Gasteiger partial charge in [-0.2, -0.15) is 0 Å². The molecule has 4 aliphatic carbocycles. The number of epoxide rings is 1. The van der Waals surface area contributed by atoms with E-state index in [1.165, 1.54) is 0 Å². The Morgan fingerprint density at radius 3 is 2.56 bits per heavy atom. The molecule has 6 nitrogen and oxygen atoms in total. The zero-order valence-electron chi connectivity index (χ0n) is 20.9. The molecular weight excluding hydrogens is 432 g/mol. The third-order valence-corrected chi connectivity index (χ3v) is 11.6. The van der Waals surface area contributed by atoms with Gasteiger partial charge in [0, 0.05) is 12.0 Å². The first-order valence-electron chi connectivity index (χ1n) is 13.1. The van der Waals surface area contributed by atoms with Crippen molar-refractivity contribution in [1.29, 1.82) is 0 Å². The zero-order valence-corrected chi connectivity index (χ0v) is 20.9. The third-order valence-electron chi connectivity index (χ3n) is 11.6. The fraction of sp³-hybridized carbons (Fsp3) is 0.786. The van der Waals surface area contributed by atoms with Crippen molar-refractivity contribution in [3.63, 3.8) is 0 Å². The molecule has 1 unspecified atom stereocenters. The molecule has 2 N–H and O–H groups in total. The van der Waals surface area contributed by atoms with Gasteiger partial charge in [-0.15, -0.1) is 0 Å². The summed E-state index contributed by atoms with van der Waals surface area (Å²) < 4.78 is 12.1. The number of hydrogen-bond acceptors (Lipinski definition) is 6. The summed E-state index contributed by atoms with van der Waals surface area (Å²) in [4.78, 5) is 25.7. The number of aliphatic hydroxyl groups excluding tert-OH is 2. The van der Waals surface area contributed by atoms with Crippen LogP contribution in [-0.2, 0) is 19.1 Å². The van der Waals surface area contributed by atoms with E-state index >= 15 is 0 Å². The number of allylic oxidation sites excluding steroid dienone is 1. The Labute approximate surface area is 201 Å². The van der Waals surface area contributed by atoms with E-state index < -0.39 is 23.2 Å². The van der Waals surface area contributed by atoms with Crippen molar-refractivity contribution < 1.29 is 29.3 Å². The average Bonchev–Trinajstić information content (AvgIpc) is 3.45. The van der Waals surface area contributed by atoms with E-state index in [1.807, 2.05) is 20.8 Å². The summed E-state index contributed by atoms with van der Waals surface area (Å²) in [6, 6.07) is 0. The highest BCUT2D eigenvalue weighted by Gasteiger charge is 2.80. The van der Waals surface area contributed by atoms with Crippen LogP contribution in [-0.4, -0.2) is 52.0 Å². The normalized spacial score (nSPS) is 54.6. The fourth-order valence-corrected chi connectivity index (χ4v) is 9.61. The molecule has 0 aromatic carbocycles. The summed E-state index contributed by atoms with van der Waals surface area (Å²) >= 11 is 0. The highest BCUT2D eigenvalue weighted by Crippen LogP contribution is 2.73. The van der Waals surface area contributed by atoms with Crippen LogP contribution < -0.4 is 0 Å². The number of cyclic esters (lactones) is 1. The monoisotopic (exact) mass is 470 g/mol. The predicted molar refractivity (Wildman–Crippen MR) is 124 cm³/mol. The zero-order chi connectivity index (χ0) is 24.4.